The zero-order valence-corrected chi connectivity index (χ0v) is 19.8. The number of methoxy groups -OCH3 is 1. The number of allylic oxidation sites excluding steroid dienone is 2. The second kappa shape index (κ2) is 8.37. The molecule has 1 aliphatic carbocycles. The van der Waals surface area contributed by atoms with E-state index in [1.807, 2.05) is 13.8 Å². The normalized spacial score (nSPS) is 21.7. The summed E-state index contributed by atoms with van der Waals surface area (Å²) < 4.78 is 17.2. The summed E-state index contributed by atoms with van der Waals surface area (Å²) >= 11 is 0. The first-order valence-corrected chi connectivity index (χ1v) is 12.7. The Kier molecular flexibility index (Phi) is 7.36. The maximum absolute atomic E-state index is 11.9. The van der Waals surface area contributed by atoms with Gasteiger partial charge in [-0.15, -0.1) is 0 Å². The second-order valence-electron chi connectivity index (χ2n) is 9.78. The summed E-state index contributed by atoms with van der Waals surface area (Å²) in [5.41, 5.74) is 0.503. The zero-order chi connectivity index (χ0) is 21.2. The first-order valence-electron chi connectivity index (χ1n) is 9.75. The molecule has 1 rings (SSSR count). The second-order valence-corrected chi connectivity index (χ2v) is 14.5. The van der Waals surface area contributed by atoms with E-state index in [4.69, 9.17) is 13.9 Å². The van der Waals surface area contributed by atoms with E-state index >= 15 is 0 Å². The number of hydrogen-bond acceptors (Lipinski definition) is 5. The summed E-state index contributed by atoms with van der Waals surface area (Å²) in [6.07, 6.45) is 1.81. The summed E-state index contributed by atoms with van der Waals surface area (Å²) in [4.78, 5) is 23.5. The minimum Gasteiger partial charge on any atom is -0.547 e. The van der Waals surface area contributed by atoms with Gasteiger partial charge in [0.05, 0.1) is 19.3 Å². The van der Waals surface area contributed by atoms with Gasteiger partial charge in [-0.3, -0.25) is 9.59 Å². The molecule has 0 aromatic heterocycles. The molecule has 0 N–H and O–H groups in total. The molecule has 156 valence electrons. The van der Waals surface area contributed by atoms with Crippen molar-refractivity contribution in [2.75, 3.05) is 7.11 Å². The molecule has 5 nitrogen and oxygen atoms in total. The van der Waals surface area contributed by atoms with Crippen molar-refractivity contribution >= 4 is 20.3 Å². The number of carbonyl (C=O) groups excluding carboxylic acids is 2. The molecule has 0 spiro atoms. The van der Waals surface area contributed by atoms with Crippen molar-refractivity contribution in [2.24, 2.45) is 11.8 Å². The predicted octanol–water partition coefficient (Wildman–Crippen LogP) is 5.21. The average Bonchev–Trinajstić information content (AvgIpc) is 2.48. The lowest BCUT2D eigenvalue weighted by atomic mass is 9.72. The third kappa shape index (κ3) is 6.09. The summed E-state index contributed by atoms with van der Waals surface area (Å²) in [6, 6.07) is 0. The summed E-state index contributed by atoms with van der Waals surface area (Å²) in [5.74, 6) is 0.567. The van der Waals surface area contributed by atoms with E-state index < -0.39 is 13.9 Å². The third-order valence-electron chi connectivity index (χ3n) is 6.27. The van der Waals surface area contributed by atoms with Crippen LogP contribution in [0, 0.1) is 11.8 Å². The van der Waals surface area contributed by atoms with Crippen LogP contribution in [0.4, 0.5) is 0 Å². The molecule has 0 saturated carbocycles. The highest BCUT2D eigenvalue weighted by atomic mass is 28.4. The molecular weight excluding hydrogens is 360 g/mol. The minimum absolute atomic E-state index is 0.0331. The molecule has 0 aromatic carbocycles. The van der Waals surface area contributed by atoms with Crippen LogP contribution in [-0.2, 0) is 23.5 Å². The summed E-state index contributed by atoms with van der Waals surface area (Å²) in [7, 11) is -0.600. The van der Waals surface area contributed by atoms with Crippen molar-refractivity contribution in [3.63, 3.8) is 0 Å². The van der Waals surface area contributed by atoms with Crippen LogP contribution in [0.25, 0.3) is 0 Å². The molecule has 0 amide bonds. The standard InChI is InChI=1S/C21H38O5Si/c1-14-16(12-19(23)24-8)11-17(21(6,7)25-15(2)22)13-18(14)26-27(9,10)20(3,4)5/h16-17H,11-13H2,1-10H3/t16-,17+/m1/s1. The first kappa shape index (κ1) is 23.7. The number of carbonyl (C=O) groups is 2. The van der Waals surface area contributed by atoms with Gasteiger partial charge in [0.25, 0.3) is 0 Å². The number of ether oxygens (including phenoxy) is 2. The topological polar surface area (TPSA) is 61.8 Å². The van der Waals surface area contributed by atoms with Crippen molar-refractivity contribution in [3.05, 3.63) is 11.3 Å². The van der Waals surface area contributed by atoms with Crippen LogP contribution in [0.5, 0.6) is 0 Å². The summed E-state index contributed by atoms with van der Waals surface area (Å²) in [6.45, 7) is 18.5. The Hall–Kier alpha value is -1.30. The highest BCUT2D eigenvalue weighted by molar-refractivity contribution is 6.74. The van der Waals surface area contributed by atoms with Crippen molar-refractivity contribution in [1.29, 1.82) is 0 Å². The monoisotopic (exact) mass is 398 g/mol. The van der Waals surface area contributed by atoms with E-state index in [0.29, 0.717) is 6.42 Å². The number of hydrogen-bond donors (Lipinski definition) is 0. The van der Waals surface area contributed by atoms with Gasteiger partial charge in [-0.1, -0.05) is 20.8 Å². The Labute approximate surface area is 166 Å². The fourth-order valence-corrected chi connectivity index (χ4v) is 4.47. The molecule has 0 saturated heterocycles. The van der Waals surface area contributed by atoms with Gasteiger partial charge in [0.1, 0.15) is 5.60 Å². The molecule has 0 fully saturated rings. The van der Waals surface area contributed by atoms with Crippen molar-refractivity contribution in [3.8, 4) is 0 Å². The van der Waals surface area contributed by atoms with E-state index in [2.05, 4.69) is 40.8 Å². The molecule has 0 unspecified atom stereocenters. The quantitative estimate of drug-likeness (QED) is 0.454. The Balaban J connectivity index is 3.24. The third-order valence-corrected chi connectivity index (χ3v) is 10.6. The molecule has 0 radical (unpaired) electrons. The van der Waals surface area contributed by atoms with Crippen molar-refractivity contribution in [1.82, 2.24) is 0 Å². The average molecular weight is 399 g/mol. The van der Waals surface area contributed by atoms with Crippen LogP contribution in [0.2, 0.25) is 18.1 Å². The number of esters is 2. The fourth-order valence-electron chi connectivity index (χ4n) is 3.30. The fraction of sp³-hybridized carbons (Fsp3) is 0.810. The molecule has 6 heteroatoms. The summed E-state index contributed by atoms with van der Waals surface area (Å²) in [5, 5.41) is 0.0798. The first-order chi connectivity index (χ1) is 12.1. The van der Waals surface area contributed by atoms with Gasteiger partial charge in [0.2, 0.25) is 8.32 Å². The van der Waals surface area contributed by atoms with Gasteiger partial charge in [0.15, 0.2) is 0 Å². The van der Waals surface area contributed by atoms with Crippen LogP contribution < -0.4 is 0 Å². The van der Waals surface area contributed by atoms with Gasteiger partial charge in [-0.05, 0) is 56.8 Å². The number of rotatable bonds is 6. The molecule has 2 atom stereocenters. The van der Waals surface area contributed by atoms with E-state index in [1.165, 1.54) is 14.0 Å². The smallest absolute Gasteiger partial charge is 0.306 e. The lowest BCUT2D eigenvalue weighted by molar-refractivity contribution is -0.160. The lowest BCUT2D eigenvalue weighted by Gasteiger charge is -2.44. The van der Waals surface area contributed by atoms with Crippen LogP contribution in [0.3, 0.4) is 0 Å². The Morgan fingerprint density at radius 3 is 2.15 bits per heavy atom. The highest BCUT2D eigenvalue weighted by Gasteiger charge is 2.44. The molecule has 0 heterocycles. The lowest BCUT2D eigenvalue weighted by Crippen LogP contribution is -2.44. The molecular formula is C21H38O5Si. The maximum atomic E-state index is 11.9. The molecule has 27 heavy (non-hydrogen) atoms. The van der Waals surface area contributed by atoms with Crippen molar-refractivity contribution < 1.29 is 23.5 Å². The molecule has 0 aromatic rings. The van der Waals surface area contributed by atoms with E-state index in [-0.39, 0.29) is 28.8 Å². The van der Waals surface area contributed by atoms with Gasteiger partial charge in [0, 0.05) is 19.3 Å². The largest absolute Gasteiger partial charge is 0.547 e. The van der Waals surface area contributed by atoms with Crippen LogP contribution in [0.1, 0.15) is 67.7 Å². The SMILES string of the molecule is COC(=O)C[C@H]1C[C@H](C(C)(C)OC(C)=O)CC(O[Si](C)(C)C(C)(C)C)=C1C. The Morgan fingerprint density at radius 1 is 1.15 bits per heavy atom. The highest BCUT2D eigenvalue weighted by Crippen LogP contribution is 2.46. The van der Waals surface area contributed by atoms with Gasteiger partial charge in [-0.25, -0.2) is 0 Å². The maximum Gasteiger partial charge on any atom is 0.306 e. The van der Waals surface area contributed by atoms with Gasteiger partial charge < -0.3 is 13.9 Å². The Morgan fingerprint density at radius 2 is 1.70 bits per heavy atom. The van der Waals surface area contributed by atoms with Gasteiger partial charge in [-0.2, -0.15) is 0 Å². The van der Waals surface area contributed by atoms with Crippen molar-refractivity contribution in [2.45, 2.75) is 91.5 Å². The van der Waals surface area contributed by atoms with Crippen LogP contribution >= 0.6 is 0 Å². The van der Waals surface area contributed by atoms with E-state index in [1.54, 1.807) is 0 Å². The minimum atomic E-state index is -2.01. The van der Waals surface area contributed by atoms with E-state index in [0.717, 1.165) is 24.2 Å². The van der Waals surface area contributed by atoms with E-state index in [9.17, 15) is 9.59 Å². The zero-order valence-electron chi connectivity index (χ0n) is 18.8. The molecule has 0 bridgehead atoms. The van der Waals surface area contributed by atoms with Crippen LogP contribution in [0.15, 0.2) is 11.3 Å². The van der Waals surface area contributed by atoms with Gasteiger partial charge >= 0.3 is 11.9 Å². The predicted molar refractivity (Wildman–Crippen MR) is 110 cm³/mol. The Bertz CT molecular complexity index is 598. The van der Waals surface area contributed by atoms with Crippen LogP contribution in [-0.4, -0.2) is 33.0 Å². The molecule has 1 aliphatic rings. The molecule has 0 aliphatic heterocycles.